The van der Waals surface area contributed by atoms with Crippen LogP contribution in [-0.4, -0.2) is 119 Å². The molecular formula is C28H58O9. The summed E-state index contributed by atoms with van der Waals surface area (Å²) in [6.45, 7) is 17.4. The van der Waals surface area contributed by atoms with Crippen molar-refractivity contribution in [1.29, 1.82) is 0 Å². The van der Waals surface area contributed by atoms with Crippen LogP contribution in [0, 0.1) is 5.92 Å². The van der Waals surface area contributed by atoms with Crippen LogP contribution in [0.25, 0.3) is 0 Å². The minimum absolute atomic E-state index is 0.541. The third-order valence-electron chi connectivity index (χ3n) is 5.47. The Bertz CT molecular complexity index is 402. The smallest absolute Gasteiger partial charge is 0.0701 e. The summed E-state index contributed by atoms with van der Waals surface area (Å²) < 4.78 is 49.4. The lowest BCUT2D eigenvalue weighted by Gasteiger charge is -2.10. The molecule has 1 atom stereocenters. The molecule has 0 fully saturated rings. The lowest BCUT2D eigenvalue weighted by molar-refractivity contribution is -0.0255. The Labute approximate surface area is 227 Å². The summed E-state index contributed by atoms with van der Waals surface area (Å²) in [6.07, 6.45) is 7.45. The third kappa shape index (κ3) is 33.6. The molecule has 0 aromatic carbocycles. The highest BCUT2D eigenvalue weighted by Gasteiger charge is 1.98. The normalized spacial score (nSPS) is 12.4. The summed E-state index contributed by atoms with van der Waals surface area (Å²) in [5.41, 5.74) is 0. The maximum absolute atomic E-state index is 5.55. The molecule has 0 heterocycles. The summed E-state index contributed by atoms with van der Waals surface area (Å²) in [4.78, 5) is 0. The molecular weight excluding hydrogens is 480 g/mol. The van der Waals surface area contributed by atoms with Crippen molar-refractivity contribution in [3.63, 3.8) is 0 Å². The van der Waals surface area contributed by atoms with Gasteiger partial charge in [0.05, 0.1) is 106 Å². The lowest BCUT2D eigenvalue weighted by atomic mass is 10.1. The zero-order chi connectivity index (χ0) is 26.9. The predicted octanol–water partition coefficient (Wildman–Crippen LogP) is 4.15. The predicted molar refractivity (Wildman–Crippen MR) is 146 cm³/mol. The van der Waals surface area contributed by atoms with Crippen molar-refractivity contribution in [3.05, 3.63) is 0 Å². The van der Waals surface area contributed by atoms with Crippen LogP contribution in [0.1, 0.15) is 59.3 Å². The van der Waals surface area contributed by atoms with Crippen LogP contribution in [-0.2, 0) is 42.6 Å². The number of hydrogen-bond donors (Lipinski definition) is 0. The highest BCUT2D eigenvalue weighted by Crippen LogP contribution is 2.02. The average Bonchev–Trinajstić information content (AvgIpc) is 2.91. The first-order valence-corrected chi connectivity index (χ1v) is 14.5. The monoisotopic (exact) mass is 538 g/mol. The summed E-state index contributed by atoms with van der Waals surface area (Å²) in [6, 6.07) is 0. The Morgan fingerprint density at radius 1 is 0.351 bits per heavy atom. The molecule has 224 valence electrons. The SMILES string of the molecule is CCCCCCCOCCOCCOCCOCCOCCOCCOCCOCCOCC(C)CC. The molecule has 9 nitrogen and oxygen atoms in total. The van der Waals surface area contributed by atoms with E-state index < -0.39 is 0 Å². The fraction of sp³-hybridized carbons (Fsp3) is 1.00. The van der Waals surface area contributed by atoms with E-state index in [1.54, 1.807) is 0 Å². The van der Waals surface area contributed by atoms with E-state index in [4.69, 9.17) is 42.6 Å². The Balaban J connectivity index is 3.02. The summed E-state index contributed by atoms with van der Waals surface area (Å²) in [5, 5.41) is 0. The first-order valence-electron chi connectivity index (χ1n) is 14.5. The Morgan fingerprint density at radius 2 is 0.649 bits per heavy atom. The maximum Gasteiger partial charge on any atom is 0.0701 e. The molecule has 9 heteroatoms. The first-order chi connectivity index (χ1) is 18.3. The van der Waals surface area contributed by atoms with Crippen molar-refractivity contribution >= 4 is 0 Å². The molecule has 0 bridgehead atoms. The van der Waals surface area contributed by atoms with Crippen molar-refractivity contribution in [2.75, 3.05) is 119 Å². The van der Waals surface area contributed by atoms with Gasteiger partial charge in [-0.25, -0.2) is 0 Å². The molecule has 1 unspecified atom stereocenters. The van der Waals surface area contributed by atoms with Gasteiger partial charge in [-0.05, 0) is 12.3 Å². The molecule has 0 aromatic rings. The fourth-order valence-electron chi connectivity index (χ4n) is 2.97. The second-order valence-electron chi connectivity index (χ2n) is 8.90. The van der Waals surface area contributed by atoms with Crippen molar-refractivity contribution in [3.8, 4) is 0 Å². The number of hydrogen-bond acceptors (Lipinski definition) is 9. The van der Waals surface area contributed by atoms with E-state index >= 15 is 0 Å². The molecule has 0 radical (unpaired) electrons. The number of ether oxygens (including phenoxy) is 9. The molecule has 0 aliphatic carbocycles. The van der Waals surface area contributed by atoms with E-state index in [2.05, 4.69) is 20.8 Å². The minimum Gasteiger partial charge on any atom is -0.379 e. The number of unbranched alkanes of at least 4 members (excludes halogenated alkanes) is 4. The van der Waals surface area contributed by atoms with E-state index in [1.165, 1.54) is 25.7 Å². The molecule has 0 amide bonds. The third-order valence-corrected chi connectivity index (χ3v) is 5.47. The van der Waals surface area contributed by atoms with Gasteiger partial charge in [-0.3, -0.25) is 0 Å². The van der Waals surface area contributed by atoms with Crippen molar-refractivity contribution < 1.29 is 42.6 Å². The molecule has 0 aromatic heterocycles. The molecule has 0 spiro atoms. The van der Waals surface area contributed by atoms with Gasteiger partial charge in [0.15, 0.2) is 0 Å². The Kier molecular flexibility index (Phi) is 33.3. The molecule has 0 saturated heterocycles. The molecule has 37 heavy (non-hydrogen) atoms. The number of rotatable bonds is 33. The van der Waals surface area contributed by atoms with Crippen molar-refractivity contribution in [2.45, 2.75) is 59.3 Å². The summed E-state index contributed by atoms with van der Waals surface area (Å²) >= 11 is 0. The van der Waals surface area contributed by atoms with Gasteiger partial charge in [0.1, 0.15) is 0 Å². The van der Waals surface area contributed by atoms with Crippen LogP contribution < -0.4 is 0 Å². The average molecular weight is 539 g/mol. The van der Waals surface area contributed by atoms with Gasteiger partial charge < -0.3 is 42.6 Å². The second kappa shape index (κ2) is 33.7. The minimum atomic E-state index is 0.541. The van der Waals surface area contributed by atoms with Gasteiger partial charge in [0.2, 0.25) is 0 Å². The second-order valence-corrected chi connectivity index (χ2v) is 8.90. The van der Waals surface area contributed by atoms with Gasteiger partial charge >= 0.3 is 0 Å². The Hall–Kier alpha value is -0.360. The van der Waals surface area contributed by atoms with Gasteiger partial charge in [-0.1, -0.05) is 52.9 Å². The van der Waals surface area contributed by atoms with Crippen LogP contribution in [0.15, 0.2) is 0 Å². The van der Waals surface area contributed by atoms with Crippen molar-refractivity contribution in [2.24, 2.45) is 5.92 Å². The van der Waals surface area contributed by atoms with Gasteiger partial charge in [-0.2, -0.15) is 0 Å². The van der Waals surface area contributed by atoms with E-state index in [1.807, 2.05) is 0 Å². The van der Waals surface area contributed by atoms with Gasteiger partial charge in [0, 0.05) is 13.2 Å². The Morgan fingerprint density at radius 3 is 0.973 bits per heavy atom. The van der Waals surface area contributed by atoms with Crippen LogP contribution >= 0.6 is 0 Å². The molecule has 0 saturated carbocycles. The van der Waals surface area contributed by atoms with Crippen molar-refractivity contribution in [1.82, 2.24) is 0 Å². The zero-order valence-electron chi connectivity index (χ0n) is 24.2. The van der Waals surface area contributed by atoms with E-state index in [9.17, 15) is 0 Å². The fourth-order valence-corrected chi connectivity index (χ4v) is 2.97. The molecule has 0 aliphatic heterocycles. The van der Waals surface area contributed by atoms with E-state index in [0.29, 0.717) is 112 Å². The van der Waals surface area contributed by atoms with Gasteiger partial charge in [0.25, 0.3) is 0 Å². The van der Waals surface area contributed by atoms with Gasteiger partial charge in [-0.15, -0.1) is 0 Å². The highest BCUT2D eigenvalue weighted by molar-refractivity contribution is 4.46. The quantitative estimate of drug-likeness (QED) is 0.114. The van der Waals surface area contributed by atoms with E-state index in [0.717, 1.165) is 26.1 Å². The van der Waals surface area contributed by atoms with Crippen LogP contribution in [0.5, 0.6) is 0 Å². The lowest BCUT2D eigenvalue weighted by Crippen LogP contribution is -2.15. The van der Waals surface area contributed by atoms with Crippen LogP contribution in [0.3, 0.4) is 0 Å². The topological polar surface area (TPSA) is 83.1 Å². The largest absolute Gasteiger partial charge is 0.379 e. The highest BCUT2D eigenvalue weighted by atomic mass is 16.6. The van der Waals surface area contributed by atoms with E-state index in [-0.39, 0.29) is 0 Å². The van der Waals surface area contributed by atoms with Crippen LogP contribution in [0.2, 0.25) is 0 Å². The summed E-state index contributed by atoms with van der Waals surface area (Å²) in [7, 11) is 0. The molecule has 0 rings (SSSR count). The molecule has 0 N–H and O–H groups in total. The first kappa shape index (κ1) is 36.6. The molecule has 0 aliphatic rings. The van der Waals surface area contributed by atoms with Crippen LogP contribution in [0.4, 0.5) is 0 Å². The standard InChI is InChI=1S/C28H58O9/c1-4-6-7-8-9-10-29-11-12-30-13-14-31-15-16-32-17-18-33-19-20-34-21-22-35-23-24-36-25-26-37-27-28(3)5-2/h28H,4-27H2,1-3H3. The zero-order valence-corrected chi connectivity index (χ0v) is 24.2. The maximum atomic E-state index is 5.55. The summed E-state index contributed by atoms with van der Waals surface area (Å²) in [5.74, 6) is 0.606.